The second-order valence-electron chi connectivity index (χ2n) is 5.71. The van der Waals surface area contributed by atoms with Crippen LogP contribution in [-0.4, -0.2) is 32.1 Å². The molecule has 2 heterocycles. The number of nitrogens with zero attached hydrogens (tertiary/aromatic N) is 2. The summed E-state index contributed by atoms with van der Waals surface area (Å²) in [6.07, 6.45) is 0.698. The van der Waals surface area contributed by atoms with E-state index in [0.717, 1.165) is 5.82 Å². The van der Waals surface area contributed by atoms with Crippen molar-refractivity contribution in [3.05, 3.63) is 58.0 Å². The van der Waals surface area contributed by atoms with Gasteiger partial charge in [0, 0.05) is 22.5 Å². The Hall–Kier alpha value is -2.45. The van der Waals surface area contributed by atoms with Crippen LogP contribution in [0.4, 0.5) is 5.69 Å². The van der Waals surface area contributed by atoms with E-state index in [9.17, 15) is 9.59 Å². The molecule has 0 saturated carbocycles. The van der Waals surface area contributed by atoms with Crippen LogP contribution in [0.5, 0.6) is 0 Å². The molecule has 0 fully saturated rings. The van der Waals surface area contributed by atoms with Crippen molar-refractivity contribution in [3.63, 3.8) is 0 Å². The van der Waals surface area contributed by atoms with Gasteiger partial charge in [0.1, 0.15) is 5.82 Å². The molecule has 0 aliphatic rings. The highest BCUT2D eigenvalue weighted by molar-refractivity contribution is 8.00. The Labute approximate surface area is 159 Å². The van der Waals surface area contributed by atoms with Crippen LogP contribution in [0.1, 0.15) is 34.9 Å². The van der Waals surface area contributed by atoms with Gasteiger partial charge in [0.2, 0.25) is 11.1 Å². The van der Waals surface area contributed by atoms with Gasteiger partial charge in [-0.15, -0.1) is 16.4 Å². The first-order valence-corrected chi connectivity index (χ1v) is 9.79. The predicted molar refractivity (Wildman–Crippen MR) is 104 cm³/mol. The first-order valence-electron chi connectivity index (χ1n) is 8.03. The van der Waals surface area contributed by atoms with Crippen LogP contribution in [0.25, 0.3) is 0 Å². The van der Waals surface area contributed by atoms with Gasteiger partial charge in [-0.2, -0.15) is 0 Å². The van der Waals surface area contributed by atoms with Gasteiger partial charge in [0.15, 0.2) is 5.78 Å². The van der Waals surface area contributed by atoms with Crippen LogP contribution in [0, 0.1) is 0 Å². The van der Waals surface area contributed by atoms with Crippen molar-refractivity contribution < 1.29 is 9.59 Å². The van der Waals surface area contributed by atoms with Crippen molar-refractivity contribution in [1.29, 1.82) is 0 Å². The van der Waals surface area contributed by atoms with Crippen molar-refractivity contribution >= 4 is 40.5 Å². The number of amides is 1. The lowest BCUT2D eigenvalue weighted by molar-refractivity contribution is -0.115. The quantitative estimate of drug-likeness (QED) is 0.477. The first-order chi connectivity index (χ1) is 12.5. The molecule has 0 bridgehead atoms. The number of aromatic amines is 1. The number of aromatic nitrogens is 3. The van der Waals surface area contributed by atoms with E-state index in [0.29, 0.717) is 22.8 Å². The Morgan fingerprint density at radius 1 is 1.31 bits per heavy atom. The fraction of sp³-hybridized carbons (Fsp3) is 0.222. The zero-order valence-corrected chi connectivity index (χ0v) is 16.0. The second-order valence-corrected chi connectivity index (χ2v) is 8.05. The van der Waals surface area contributed by atoms with Gasteiger partial charge in [0.05, 0.1) is 5.25 Å². The lowest BCUT2D eigenvalue weighted by Crippen LogP contribution is -2.22. The molecule has 0 aliphatic heterocycles. The number of hydrogen-bond donors (Lipinski definition) is 2. The molecular formula is C18H18N4O2S2. The number of rotatable bonds is 7. The van der Waals surface area contributed by atoms with Crippen molar-refractivity contribution in [2.75, 3.05) is 5.32 Å². The Balaban J connectivity index is 1.58. The third kappa shape index (κ3) is 4.80. The zero-order chi connectivity index (χ0) is 18.5. The molecule has 3 aromatic rings. The first kappa shape index (κ1) is 18.3. The fourth-order valence-corrected chi connectivity index (χ4v) is 3.71. The summed E-state index contributed by atoms with van der Waals surface area (Å²) in [5.41, 5.74) is 1.17. The number of hydrogen-bond acceptors (Lipinski definition) is 6. The molecule has 1 atom stereocenters. The zero-order valence-electron chi connectivity index (χ0n) is 14.4. The minimum atomic E-state index is -0.374. The predicted octanol–water partition coefficient (Wildman–Crippen LogP) is 3.78. The molecule has 2 aromatic heterocycles. The highest BCUT2D eigenvalue weighted by Gasteiger charge is 2.18. The van der Waals surface area contributed by atoms with E-state index in [2.05, 4.69) is 20.5 Å². The maximum atomic E-state index is 12.4. The molecule has 0 spiro atoms. The number of carbonyl (C=O) groups excluding carboxylic acids is 2. The van der Waals surface area contributed by atoms with Crippen LogP contribution >= 0.6 is 23.1 Å². The highest BCUT2D eigenvalue weighted by Crippen LogP contribution is 2.22. The lowest BCUT2D eigenvalue weighted by Gasteiger charge is -2.10. The Kier molecular flexibility index (Phi) is 5.85. The maximum absolute atomic E-state index is 12.4. The average molecular weight is 387 g/mol. The summed E-state index contributed by atoms with van der Waals surface area (Å²) < 4.78 is 0. The van der Waals surface area contributed by atoms with Gasteiger partial charge in [-0.25, -0.2) is 4.98 Å². The number of ketones is 1. The summed E-state index contributed by atoms with van der Waals surface area (Å²) in [7, 11) is 0. The molecule has 8 heteroatoms. The van der Waals surface area contributed by atoms with Crippen LogP contribution in [0.3, 0.4) is 0 Å². The SMILES string of the molecule is CC(=O)c1cccc(NC(=O)C(C)Sc2n[nH]c(Cc3cccs3)n2)c1. The second kappa shape index (κ2) is 8.29. The number of thiophene rings is 1. The number of H-pyrrole nitrogens is 1. The Morgan fingerprint density at radius 3 is 2.88 bits per heavy atom. The highest BCUT2D eigenvalue weighted by atomic mass is 32.2. The molecule has 1 aromatic carbocycles. The van der Waals surface area contributed by atoms with Gasteiger partial charge in [-0.3, -0.25) is 14.7 Å². The van der Waals surface area contributed by atoms with E-state index in [1.165, 1.54) is 23.6 Å². The molecule has 1 amide bonds. The van der Waals surface area contributed by atoms with Gasteiger partial charge >= 0.3 is 0 Å². The molecule has 26 heavy (non-hydrogen) atoms. The van der Waals surface area contributed by atoms with Crippen LogP contribution in [0.15, 0.2) is 46.9 Å². The molecule has 0 saturated heterocycles. The van der Waals surface area contributed by atoms with Crippen LogP contribution in [0.2, 0.25) is 0 Å². The minimum Gasteiger partial charge on any atom is -0.325 e. The molecule has 134 valence electrons. The van der Waals surface area contributed by atoms with Crippen LogP contribution in [-0.2, 0) is 11.2 Å². The largest absolute Gasteiger partial charge is 0.325 e. The minimum absolute atomic E-state index is 0.0393. The van der Waals surface area contributed by atoms with E-state index in [-0.39, 0.29) is 16.9 Å². The van der Waals surface area contributed by atoms with Gasteiger partial charge in [0.25, 0.3) is 0 Å². The molecule has 2 N–H and O–H groups in total. The number of Topliss-reactive ketones (excluding diaryl/α,β-unsaturated/α-hetero) is 1. The number of anilines is 1. The Bertz CT molecular complexity index is 906. The van der Waals surface area contributed by atoms with Crippen molar-refractivity contribution in [2.24, 2.45) is 0 Å². The monoisotopic (exact) mass is 386 g/mol. The van der Waals surface area contributed by atoms with Crippen molar-refractivity contribution in [3.8, 4) is 0 Å². The normalized spacial score (nSPS) is 11.9. The summed E-state index contributed by atoms with van der Waals surface area (Å²) in [5.74, 6) is 0.569. The number of benzene rings is 1. The van der Waals surface area contributed by atoms with Crippen molar-refractivity contribution in [1.82, 2.24) is 15.2 Å². The summed E-state index contributed by atoms with van der Waals surface area (Å²) in [6.45, 7) is 3.29. The third-order valence-electron chi connectivity index (χ3n) is 3.62. The number of carbonyl (C=O) groups is 2. The number of thioether (sulfide) groups is 1. The molecule has 0 radical (unpaired) electrons. The van der Waals surface area contributed by atoms with Gasteiger partial charge < -0.3 is 5.32 Å². The summed E-state index contributed by atoms with van der Waals surface area (Å²) in [4.78, 5) is 29.5. The lowest BCUT2D eigenvalue weighted by atomic mass is 10.1. The topological polar surface area (TPSA) is 87.7 Å². The van der Waals surface area contributed by atoms with E-state index in [4.69, 9.17) is 0 Å². The smallest absolute Gasteiger partial charge is 0.237 e. The molecule has 3 rings (SSSR count). The van der Waals surface area contributed by atoms with E-state index < -0.39 is 0 Å². The fourth-order valence-electron chi connectivity index (χ4n) is 2.26. The third-order valence-corrected chi connectivity index (χ3v) is 5.46. The summed E-state index contributed by atoms with van der Waals surface area (Å²) in [5, 5.41) is 12.1. The number of nitrogens with one attached hydrogen (secondary N) is 2. The molecule has 6 nitrogen and oxygen atoms in total. The van der Waals surface area contributed by atoms with Crippen molar-refractivity contribution in [2.45, 2.75) is 30.7 Å². The summed E-state index contributed by atoms with van der Waals surface area (Å²) in [6, 6.07) is 10.9. The standard InChI is InChI=1S/C18H18N4O2S2/c1-11(23)13-5-3-6-14(9-13)19-17(24)12(2)26-18-20-16(21-22-18)10-15-7-4-8-25-15/h3-9,12H,10H2,1-2H3,(H,19,24)(H,20,21,22). The van der Waals surface area contributed by atoms with E-state index >= 15 is 0 Å². The van der Waals surface area contributed by atoms with Gasteiger partial charge in [-0.1, -0.05) is 30.0 Å². The van der Waals surface area contributed by atoms with E-state index in [1.54, 1.807) is 42.5 Å². The Morgan fingerprint density at radius 2 is 2.15 bits per heavy atom. The average Bonchev–Trinajstić information content (AvgIpc) is 3.27. The molecular weight excluding hydrogens is 368 g/mol. The molecule has 1 unspecified atom stereocenters. The van der Waals surface area contributed by atoms with Gasteiger partial charge in [-0.05, 0) is 37.4 Å². The van der Waals surface area contributed by atoms with Crippen LogP contribution < -0.4 is 5.32 Å². The molecule has 0 aliphatic carbocycles. The van der Waals surface area contributed by atoms with E-state index in [1.807, 2.05) is 17.5 Å². The maximum Gasteiger partial charge on any atom is 0.237 e. The summed E-state index contributed by atoms with van der Waals surface area (Å²) >= 11 is 2.95.